The molecule has 1 aromatic heterocycles. The Morgan fingerprint density at radius 2 is 1.75 bits per heavy atom. The first-order valence-corrected chi connectivity index (χ1v) is 11.8. The zero-order valence-corrected chi connectivity index (χ0v) is 19.2. The smallest absolute Gasteiger partial charge is 0.269 e. The van der Waals surface area contributed by atoms with Gasteiger partial charge in [-0.2, -0.15) is 0 Å². The average Bonchev–Trinajstić information content (AvgIpc) is 2.80. The van der Waals surface area contributed by atoms with Gasteiger partial charge in [-0.15, -0.1) is 0 Å². The van der Waals surface area contributed by atoms with Crippen LogP contribution in [0.5, 0.6) is 0 Å². The van der Waals surface area contributed by atoms with Crippen molar-refractivity contribution in [2.75, 3.05) is 5.75 Å². The average molecular weight is 453 g/mol. The quantitative estimate of drug-likeness (QED) is 0.223. The molecule has 2 amide bonds. The third kappa shape index (κ3) is 6.20. The summed E-state index contributed by atoms with van der Waals surface area (Å²) >= 11 is 1.19. The number of aryl methyl sites for hydroxylation is 1. The number of carbonyl (C=O) groups is 2. The molecule has 0 aliphatic rings. The highest BCUT2D eigenvalue weighted by Gasteiger charge is 2.14. The number of nitrogens with zero attached hydrogens (tertiary/aromatic N) is 2. The Labute approximate surface area is 191 Å². The Morgan fingerprint density at radius 3 is 2.50 bits per heavy atom. The van der Waals surface area contributed by atoms with E-state index in [0.717, 1.165) is 31.2 Å². The minimum Gasteiger partial charge on any atom is -0.287 e. The molecule has 1 heterocycles. The maximum absolute atomic E-state index is 13.0. The second-order valence-corrected chi connectivity index (χ2v) is 8.53. The lowest BCUT2D eigenvalue weighted by Crippen LogP contribution is -2.42. The summed E-state index contributed by atoms with van der Waals surface area (Å²) in [6.07, 6.45) is 4.13. The van der Waals surface area contributed by atoms with Crippen LogP contribution in [0.1, 0.15) is 48.5 Å². The maximum Gasteiger partial charge on any atom is 0.269 e. The highest BCUT2D eigenvalue weighted by Crippen LogP contribution is 2.18. The number of hydrogen-bond acceptors (Lipinski definition) is 5. The van der Waals surface area contributed by atoms with Crippen LogP contribution in [-0.2, 0) is 11.3 Å². The van der Waals surface area contributed by atoms with Crippen LogP contribution in [0.3, 0.4) is 0 Å². The molecular weight excluding hydrogens is 424 g/mol. The summed E-state index contributed by atoms with van der Waals surface area (Å²) in [5, 5.41) is 1.08. The van der Waals surface area contributed by atoms with Crippen LogP contribution in [0.2, 0.25) is 0 Å². The number of thioether (sulfide) groups is 1. The molecule has 2 aromatic carbocycles. The van der Waals surface area contributed by atoms with Crippen molar-refractivity contribution in [2.24, 2.45) is 0 Å². The largest absolute Gasteiger partial charge is 0.287 e. The summed E-state index contributed by atoms with van der Waals surface area (Å²) in [5.41, 5.74) is 6.86. The molecule has 0 fully saturated rings. The highest BCUT2D eigenvalue weighted by atomic mass is 32.2. The zero-order chi connectivity index (χ0) is 22.9. The van der Waals surface area contributed by atoms with E-state index in [1.165, 1.54) is 11.8 Å². The Bertz CT molecular complexity index is 1140. The number of aromatic nitrogens is 2. The van der Waals surface area contributed by atoms with E-state index in [9.17, 15) is 14.4 Å². The number of carbonyl (C=O) groups excluding carboxylic acids is 2. The van der Waals surface area contributed by atoms with Gasteiger partial charge in [-0.25, -0.2) is 4.98 Å². The van der Waals surface area contributed by atoms with E-state index in [0.29, 0.717) is 28.2 Å². The summed E-state index contributed by atoms with van der Waals surface area (Å²) in [7, 11) is 0. The van der Waals surface area contributed by atoms with Crippen molar-refractivity contribution in [2.45, 2.75) is 51.2 Å². The monoisotopic (exact) mass is 452 g/mol. The third-order valence-electron chi connectivity index (χ3n) is 5.02. The van der Waals surface area contributed by atoms with Crippen LogP contribution < -0.4 is 16.4 Å². The number of fused-ring (bicyclic) bond motifs is 1. The van der Waals surface area contributed by atoms with Gasteiger partial charge in [-0.05, 0) is 37.6 Å². The number of hydrazine groups is 1. The van der Waals surface area contributed by atoms with E-state index in [1.54, 1.807) is 28.8 Å². The molecule has 0 atom stereocenters. The van der Waals surface area contributed by atoms with Crippen LogP contribution in [0.25, 0.3) is 10.9 Å². The van der Waals surface area contributed by atoms with E-state index in [4.69, 9.17) is 0 Å². The third-order valence-corrected chi connectivity index (χ3v) is 6.00. The Balaban J connectivity index is 1.65. The molecule has 8 heteroatoms. The van der Waals surface area contributed by atoms with Gasteiger partial charge in [0.1, 0.15) is 0 Å². The van der Waals surface area contributed by atoms with Crippen molar-refractivity contribution in [1.29, 1.82) is 0 Å². The number of benzene rings is 2. The van der Waals surface area contributed by atoms with Crippen molar-refractivity contribution >= 4 is 34.5 Å². The lowest BCUT2D eigenvalue weighted by atomic mass is 10.1. The molecule has 0 saturated heterocycles. The number of nitrogens with one attached hydrogen (secondary N) is 2. The summed E-state index contributed by atoms with van der Waals surface area (Å²) < 4.78 is 1.65. The minimum absolute atomic E-state index is 0.0217. The van der Waals surface area contributed by atoms with Gasteiger partial charge in [0.2, 0.25) is 5.91 Å². The molecular formula is C24H28N4O3S. The van der Waals surface area contributed by atoms with Crippen molar-refractivity contribution in [3.63, 3.8) is 0 Å². The topological polar surface area (TPSA) is 93.1 Å². The molecule has 0 unspecified atom stereocenters. The fourth-order valence-electron chi connectivity index (χ4n) is 3.22. The summed E-state index contributed by atoms with van der Waals surface area (Å²) in [5.74, 6) is -0.746. The predicted molar refractivity (Wildman–Crippen MR) is 128 cm³/mol. The molecule has 168 valence electrons. The first kappa shape index (κ1) is 23.5. The van der Waals surface area contributed by atoms with Crippen molar-refractivity contribution < 1.29 is 9.59 Å². The van der Waals surface area contributed by atoms with Gasteiger partial charge in [0, 0.05) is 12.1 Å². The van der Waals surface area contributed by atoms with E-state index in [2.05, 4.69) is 22.8 Å². The number of rotatable bonds is 9. The molecule has 7 nitrogen and oxygen atoms in total. The van der Waals surface area contributed by atoms with E-state index in [-0.39, 0.29) is 23.1 Å². The lowest BCUT2D eigenvalue weighted by Gasteiger charge is -2.13. The Morgan fingerprint density at radius 1 is 1.00 bits per heavy atom. The van der Waals surface area contributed by atoms with Gasteiger partial charge in [-0.1, -0.05) is 67.8 Å². The second-order valence-electron chi connectivity index (χ2n) is 7.59. The van der Waals surface area contributed by atoms with Crippen LogP contribution in [0.4, 0.5) is 0 Å². The van der Waals surface area contributed by atoms with Crippen molar-refractivity contribution in [3.05, 3.63) is 70.0 Å². The SMILES string of the molecule is CCCCCCn1c(SCC(=O)NNC(=O)c2ccc(C)cc2)nc2ccccc2c1=O. The van der Waals surface area contributed by atoms with Gasteiger partial charge in [-0.3, -0.25) is 29.8 Å². The minimum atomic E-state index is -0.389. The van der Waals surface area contributed by atoms with Gasteiger partial charge in [0.05, 0.1) is 16.7 Å². The molecule has 3 aromatic rings. The van der Waals surface area contributed by atoms with E-state index < -0.39 is 0 Å². The van der Waals surface area contributed by atoms with Gasteiger partial charge >= 0.3 is 0 Å². The molecule has 0 spiro atoms. The molecule has 2 N–H and O–H groups in total. The van der Waals surface area contributed by atoms with Crippen LogP contribution in [-0.4, -0.2) is 27.1 Å². The van der Waals surface area contributed by atoms with Crippen LogP contribution in [0.15, 0.2) is 58.5 Å². The first-order chi connectivity index (χ1) is 15.5. The zero-order valence-electron chi connectivity index (χ0n) is 18.4. The molecule has 0 saturated carbocycles. The molecule has 0 aliphatic heterocycles. The molecule has 0 radical (unpaired) electrons. The summed E-state index contributed by atoms with van der Waals surface area (Å²) in [4.78, 5) is 42.1. The molecule has 3 rings (SSSR count). The Kier molecular flexibility index (Phi) is 8.44. The standard InChI is InChI=1S/C24H28N4O3S/c1-3-4-5-8-15-28-23(31)19-9-6-7-10-20(19)25-24(28)32-16-21(29)26-27-22(30)18-13-11-17(2)12-14-18/h6-7,9-14H,3-5,8,15-16H2,1-2H3,(H,26,29)(H,27,30). The Hall–Kier alpha value is -3.13. The fourth-order valence-corrected chi connectivity index (χ4v) is 4.05. The van der Waals surface area contributed by atoms with Gasteiger partial charge in [0.15, 0.2) is 5.16 Å². The number of para-hydroxylation sites is 1. The summed E-state index contributed by atoms with van der Waals surface area (Å²) in [6.45, 7) is 4.64. The highest BCUT2D eigenvalue weighted by molar-refractivity contribution is 7.99. The molecule has 32 heavy (non-hydrogen) atoms. The van der Waals surface area contributed by atoms with E-state index >= 15 is 0 Å². The molecule has 0 aliphatic carbocycles. The second kappa shape index (κ2) is 11.5. The molecule has 0 bridgehead atoms. The van der Waals surface area contributed by atoms with Gasteiger partial charge in [0.25, 0.3) is 11.5 Å². The maximum atomic E-state index is 13.0. The normalized spacial score (nSPS) is 10.8. The fraction of sp³-hybridized carbons (Fsp3) is 0.333. The van der Waals surface area contributed by atoms with Gasteiger partial charge < -0.3 is 0 Å². The number of amides is 2. The van der Waals surface area contributed by atoms with Crippen LogP contribution >= 0.6 is 11.8 Å². The van der Waals surface area contributed by atoms with Crippen molar-refractivity contribution in [1.82, 2.24) is 20.4 Å². The number of unbranched alkanes of at least 4 members (excludes halogenated alkanes) is 3. The van der Waals surface area contributed by atoms with Crippen LogP contribution in [0, 0.1) is 6.92 Å². The van der Waals surface area contributed by atoms with Crippen molar-refractivity contribution in [3.8, 4) is 0 Å². The summed E-state index contributed by atoms with van der Waals surface area (Å²) in [6, 6.07) is 14.3. The van der Waals surface area contributed by atoms with E-state index in [1.807, 2.05) is 31.2 Å². The lowest BCUT2D eigenvalue weighted by molar-refractivity contribution is -0.119. The number of hydrogen-bond donors (Lipinski definition) is 2. The first-order valence-electron chi connectivity index (χ1n) is 10.8. The predicted octanol–water partition coefficient (Wildman–Crippen LogP) is 3.84.